The molecule has 1 saturated carbocycles. The van der Waals surface area contributed by atoms with Crippen LogP contribution in [0.4, 0.5) is 10.5 Å². The number of rotatable bonds is 5. The first-order valence-electron chi connectivity index (χ1n) is 9.75. The summed E-state index contributed by atoms with van der Waals surface area (Å²) in [6.07, 6.45) is 4.28. The minimum atomic E-state index is -0.589. The summed E-state index contributed by atoms with van der Waals surface area (Å²) in [6.45, 7) is 3.68. The number of nitrogen functional groups attached to an aromatic ring is 1. The monoisotopic (exact) mass is 402 g/mol. The zero-order valence-electron chi connectivity index (χ0n) is 16.3. The molecule has 11 nitrogen and oxygen atoms in total. The van der Waals surface area contributed by atoms with Gasteiger partial charge in [-0.2, -0.15) is 4.68 Å². The second-order valence-electron chi connectivity index (χ2n) is 7.93. The molecule has 0 aromatic carbocycles. The molecule has 0 radical (unpaired) electrons. The molecule has 2 fully saturated rings. The molecule has 3 heterocycles. The molecule has 2 aromatic rings. The average Bonchev–Trinajstić information content (AvgIpc) is 3.40. The molecule has 2 unspecified atom stereocenters. The first-order chi connectivity index (χ1) is 13.8. The van der Waals surface area contributed by atoms with Crippen molar-refractivity contribution < 1.29 is 4.79 Å². The van der Waals surface area contributed by atoms with Crippen LogP contribution in [-0.4, -0.2) is 45.9 Å². The summed E-state index contributed by atoms with van der Waals surface area (Å²) in [5, 5.41) is 2.55. The van der Waals surface area contributed by atoms with Crippen molar-refractivity contribution in [2.24, 2.45) is 17.4 Å². The maximum atomic E-state index is 12.6. The first kappa shape index (κ1) is 19.2. The van der Waals surface area contributed by atoms with Gasteiger partial charge in [0.15, 0.2) is 5.52 Å². The van der Waals surface area contributed by atoms with Crippen molar-refractivity contribution >= 4 is 22.8 Å². The van der Waals surface area contributed by atoms with Gasteiger partial charge in [-0.25, -0.2) is 14.6 Å². The van der Waals surface area contributed by atoms with Gasteiger partial charge in [-0.05, 0) is 32.1 Å². The van der Waals surface area contributed by atoms with Crippen LogP contribution in [0.5, 0.6) is 0 Å². The van der Waals surface area contributed by atoms with Crippen molar-refractivity contribution in [2.45, 2.75) is 38.3 Å². The Balaban J connectivity index is 1.69. The Labute approximate surface area is 166 Å². The Hall–Kier alpha value is -3.08. The number of fused-ring (bicyclic) bond motifs is 1. The van der Waals surface area contributed by atoms with Crippen molar-refractivity contribution in [3.63, 3.8) is 0 Å². The highest BCUT2D eigenvalue weighted by molar-refractivity contribution is 5.83. The number of primary amides is 1. The summed E-state index contributed by atoms with van der Waals surface area (Å²) < 4.78 is 2.25. The molecule has 156 valence electrons. The molecule has 29 heavy (non-hydrogen) atoms. The van der Waals surface area contributed by atoms with E-state index in [9.17, 15) is 14.4 Å². The first-order valence-corrected chi connectivity index (χ1v) is 9.75. The van der Waals surface area contributed by atoms with Gasteiger partial charge in [0.25, 0.3) is 0 Å². The summed E-state index contributed by atoms with van der Waals surface area (Å²) in [5.41, 5.74) is 12.7. The number of nitrogens with zero attached hydrogens (tertiary/aromatic N) is 4. The van der Waals surface area contributed by atoms with Crippen LogP contribution in [0, 0.1) is 12.8 Å². The quantitative estimate of drug-likeness (QED) is 0.453. The lowest BCUT2D eigenvalue weighted by molar-refractivity contribution is 0.247. The third kappa shape index (κ3) is 3.31. The molecule has 2 aliphatic rings. The molecule has 1 aliphatic heterocycles. The van der Waals surface area contributed by atoms with Crippen molar-refractivity contribution in [3.8, 4) is 0 Å². The van der Waals surface area contributed by atoms with Crippen LogP contribution in [0.15, 0.2) is 15.8 Å². The SMILES string of the molecule is Cc1c(N2CCC(C(N)CNC(N)=O)C2)cnc2c(=O)n(N)c(=O)n(C3CC3)c12. The smallest absolute Gasteiger partial charge is 0.350 e. The topological polar surface area (TPSA) is 167 Å². The number of amides is 2. The third-order valence-electron chi connectivity index (χ3n) is 5.95. The van der Waals surface area contributed by atoms with Gasteiger partial charge in [-0.1, -0.05) is 0 Å². The summed E-state index contributed by atoms with van der Waals surface area (Å²) in [7, 11) is 0. The van der Waals surface area contributed by atoms with E-state index in [2.05, 4.69) is 15.2 Å². The van der Waals surface area contributed by atoms with Crippen LogP contribution in [0.2, 0.25) is 0 Å². The fourth-order valence-electron chi connectivity index (χ4n) is 4.18. The molecule has 0 bridgehead atoms. The molecule has 2 amide bonds. The fourth-order valence-corrected chi connectivity index (χ4v) is 4.18. The van der Waals surface area contributed by atoms with Crippen molar-refractivity contribution in [2.75, 3.05) is 30.4 Å². The number of aryl methyl sites for hydroxylation is 1. The second kappa shape index (κ2) is 7.07. The zero-order chi connectivity index (χ0) is 20.9. The van der Waals surface area contributed by atoms with Gasteiger partial charge in [0.05, 0.1) is 17.4 Å². The maximum Gasteiger partial charge on any atom is 0.350 e. The highest BCUT2D eigenvalue weighted by atomic mass is 16.2. The Morgan fingerprint density at radius 2 is 2.07 bits per heavy atom. The number of carbonyl (C=O) groups is 1. The number of pyridine rings is 1. The van der Waals surface area contributed by atoms with Crippen LogP contribution in [0.25, 0.3) is 11.0 Å². The third-order valence-corrected chi connectivity index (χ3v) is 5.95. The summed E-state index contributed by atoms with van der Waals surface area (Å²) >= 11 is 0. The highest BCUT2D eigenvalue weighted by Crippen LogP contribution is 2.37. The van der Waals surface area contributed by atoms with Gasteiger partial charge in [0.1, 0.15) is 0 Å². The Bertz CT molecular complexity index is 1090. The van der Waals surface area contributed by atoms with Crippen LogP contribution in [0.3, 0.4) is 0 Å². The van der Waals surface area contributed by atoms with E-state index in [4.69, 9.17) is 17.3 Å². The van der Waals surface area contributed by atoms with Gasteiger partial charge in [0.2, 0.25) is 0 Å². The number of urea groups is 1. The summed E-state index contributed by atoms with van der Waals surface area (Å²) in [5.74, 6) is 5.87. The van der Waals surface area contributed by atoms with E-state index in [-0.39, 0.29) is 23.5 Å². The second-order valence-corrected chi connectivity index (χ2v) is 7.93. The van der Waals surface area contributed by atoms with Crippen molar-refractivity contribution in [1.29, 1.82) is 0 Å². The van der Waals surface area contributed by atoms with Crippen LogP contribution in [-0.2, 0) is 0 Å². The lowest BCUT2D eigenvalue weighted by Crippen LogP contribution is -2.45. The normalized spacial score (nSPS) is 20.2. The average molecular weight is 402 g/mol. The lowest BCUT2D eigenvalue weighted by Gasteiger charge is -2.24. The summed E-state index contributed by atoms with van der Waals surface area (Å²) in [4.78, 5) is 42.6. The van der Waals surface area contributed by atoms with Gasteiger partial charge < -0.3 is 27.5 Å². The highest BCUT2D eigenvalue weighted by Gasteiger charge is 2.32. The Kier molecular flexibility index (Phi) is 4.69. The standard InChI is InChI=1S/C18H26N8O3/c1-9-13(24-5-4-10(8-24)12(19)6-23-17(20)28)7-22-14-15(9)25(11-2-3-11)18(29)26(21)16(14)27/h7,10-12H,2-6,8,19,21H2,1H3,(H3,20,23,28). The minimum absolute atomic E-state index is 0.0516. The molecule has 11 heteroatoms. The predicted octanol–water partition coefficient (Wildman–Crippen LogP) is -1.26. The molecule has 0 spiro atoms. The van der Waals surface area contributed by atoms with Crippen LogP contribution >= 0.6 is 0 Å². The van der Waals surface area contributed by atoms with Crippen LogP contribution in [0.1, 0.15) is 30.9 Å². The Morgan fingerprint density at radius 1 is 1.34 bits per heavy atom. The number of carbonyl (C=O) groups excluding carboxylic acids is 1. The number of aromatic nitrogens is 3. The molecule has 4 rings (SSSR count). The molecule has 1 saturated heterocycles. The molecular weight excluding hydrogens is 376 g/mol. The number of nitrogens with one attached hydrogen (secondary N) is 1. The van der Waals surface area contributed by atoms with E-state index in [1.165, 1.54) is 0 Å². The predicted molar refractivity (Wildman–Crippen MR) is 109 cm³/mol. The minimum Gasteiger partial charge on any atom is -0.370 e. The lowest BCUT2D eigenvalue weighted by atomic mass is 10.00. The summed E-state index contributed by atoms with van der Waals surface area (Å²) in [6, 6.07) is -0.750. The van der Waals surface area contributed by atoms with E-state index in [1.807, 2.05) is 6.92 Å². The molecule has 2 aromatic heterocycles. The molecule has 2 atom stereocenters. The van der Waals surface area contributed by atoms with E-state index >= 15 is 0 Å². The number of nitrogens with two attached hydrogens (primary N) is 3. The largest absolute Gasteiger partial charge is 0.370 e. The molecular formula is C18H26N8O3. The molecule has 1 aliphatic carbocycles. The van der Waals surface area contributed by atoms with Gasteiger partial charge in [0, 0.05) is 37.3 Å². The van der Waals surface area contributed by atoms with Gasteiger partial charge in [-0.3, -0.25) is 9.36 Å². The van der Waals surface area contributed by atoms with E-state index in [1.54, 1.807) is 10.8 Å². The maximum absolute atomic E-state index is 12.6. The van der Waals surface area contributed by atoms with Crippen molar-refractivity contribution in [1.82, 2.24) is 19.5 Å². The number of hydrogen-bond acceptors (Lipinski definition) is 7. The number of anilines is 1. The molecule has 7 N–H and O–H groups in total. The van der Waals surface area contributed by atoms with Gasteiger partial charge >= 0.3 is 17.3 Å². The fraction of sp³-hybridized carbons (Fsp3) is 0.556. The zero-order valence-corrected chi connectivity index (χ0v) is 16.3. The van der Waals surface area contributed by atoms with Crippen LogP contribution < -0.4 is 38.8 Å². The van der Waals surface area contributed by atoms with E-state index in [0.717, 1.165) is 37.1 Å². The Morgan fingerprint density at radius 3 is 2.72 bits per heavy atom. The number of hydrogen-bond donors (Lipinski definition) is 4. The van der Waals surface area contributed by atoms with Crippen molar-refractivity contribution in [3.05, 3.63) is 32.6 Å². The van der Waals surface area contributed by atoms with E-state index in [0.29, 0.717) is 23.3 Å². The van der Waals surface area contributed by atoms with Gasteiger partial charge in [-0.15, -0.1) is 0 Å². The van der Waals surface area contributed by atoms with E-state index < -0.39 is 17.3 Å².